The molecule has 0 amide bonds. The highest BCUT2D eigenvalue weighted by atomic mass is 16.4. The Bertz CT molecular complexity index is 252. The van der Waals surface area contributed by atoms with Crippen molar-refractivity contribution in [1.82, 2.24) is 0 Å². The number of allylic oxidation sites excluding steroid dienone is 4. The number of hydrogen-bond donors (Lipinski definition) is 1. The molecule has 0 rings (SSSR count). The molecule has 0 unspecified atom stereocenters. The van der Waals surface area contributed by atoms with Crippen molar-refractivity contribution in [3.05, 3.63) is 24.3 Å². The molecule has 0 spiro atoms. The second-order valence-corrected chi connectivity index (χ2v) is 5.13. The first-order chi connectivity index (χ1) is 8.63. The molecule has 1 N–H and O–H groups in total. The van der Waals surface area contributed by atoms with E-state index in [0.29, 0.717) is 0 Å². The van der Waals surface area contributed by atoms with E-state index in [4.69, 9.17) is 5.11 Å². The molecule has 0 saturated carbocycles. The molecule has 0 aromatic carbocycles. The van der Waals surface area contributed by atoms with Crippen molar-refractivity contribution in [1.29, 1.82) is 0 Å². The lowest BCUT2D eigenvalue weighted by Gasteiger charge is -2.00. The summed E-state index contributed by atoms with van der Waals surface area (Å²) in [7, 11) is 0. The van der Waals surface area contributed by atoms with Crippen molar-refractivity contribution < 1.29 is 9.90 Å². The molecule has 0 aromatic rings. The van der Waals surface area contributed by atoms with E-state index in [0.717, 1.165) is 31.6 Å². The summed E-state index contributed by atoms with van der Waals surface area (Å²) in [6, 6.07) is 0. The van der Waals surface area contributed by atoms with Gasteiger partial charge in [-0.1, -0.05) is 44.6 Å². The Morgan fingerprint density at radius 3 is 1.94 bits per heavy atom. The van der Waals surface area contributed by atoms with Crippen LogP contribution in [-0.4, -0.2) is 11.1 Å². The van der Waals surface area contributed by atoms with Crippen LogP contribution in [0.1, 0.15) is 65.2 Å². The van der Waals surface area contributed by atoms with E-state index in [9.17, 15) is 4.79 Å². The van der Waals surface area contributed by atoms with Crippen molar-refractivity contribution in [2.24, 2.45) is 5.92 Å². The smallest absolute Gasteiger partial charge is 0.303 e. The molecule has 0 bridgehead atoms. The van der Waals surface area contributed by atoms with Gasteiger partial charge in [-0.25, -0.2) is 0 Å². The van der Waals surface area contributed by atoms with E-state index >= 15 is 0 Å². The van der Waals surface area contributed by atoms with Gasteiger partial charge in [-0.15, -0.1) is 0 Å². The van der Waals surface area contributed by atoms with Crippen molar-refractivity contribution in [2.45, 2.75) is 65.2 Å². The van der Waals surface area contributed by atoms with Gasteiger partial charge in [0.25, 0.3) is 0 Å². The first-order valence-electron chi connectivity index (χ1n) is 7.14. The van der Waals surface area contributed by atoms with Crippen LogP contribution in [0.25, 0.3) is 0 Å². The molecule has 0 aliphatic rings. The van der Waals surface area contributed by atoms with Crippen LogP contribution in [0.4, 0.5) is 0 Å². The van der Waals surface area contributed by atoms with E-state index in [1.165, 1.54) is 19.3 Å². The number of hydrogen-bond acceptors (Lipinski definition) is 1. The third-order valence-electron chi connectivity index (χ3n) is 2.75. The Balaban J connectivity index is 3.25. The molecular weight excluding hydrogens is 224 g/mol. The molecule has 0 saturated heterocycles. The lowest BCUT2D eigenvalue weighted by atomic mass is 10.1. The molecule has 0 atom stereocenters. The molecule has 0 fully saturated rings. The topological polar surface area (TPSA) is 37.3 Å². The summed E-state index contributed by atoms with van der Waals surface area (Å²) in [4.78, 5) is 10.3. The van der Waals surface area contributed by atoms with Crippen LogP contribution < -0.4 is 0 Å². The maximum Gasteiger partial charge on any atom is 0.303 e. The maximum absolute atomic E-state index is 10.3. The normalized spacial score (nSPS) is 11.9. The van der Waals surface area contributed by atoms with E-state index in [1.807, 2.05) is 0 Å². The average Bonchev–Trinajstić information content (AvgIpc) is 2.29. The first kappa shape index (κ1) is 16.9. The number of carbonyl (C=O) groups is 1. The van der Waals surface area contributed by atoms with Crippen LogP contribution in [0, 0.1) is 5.92 Å². The lowest BCUT2D eigenvalue weighted by Crippen LogP contribution is -1.92. The zero-order valence-electron chi connectivity index (χ0n) is 11.9. The van der Waals surface area contributed by atoms with E-state index in [-0.39, 0.29) is 6.42 Å². The Labute approximate surface area is 112 Å². The molecule has 2 nitrogen and oxygen atoms in total. The van der Waals surface area contributed by atoms with Gasteiger partial charge in [0.05, 0.1) is 0 Å². The maximum atomic E-state index is 10.3. The van der Waals surface area contributed by atoms with Crippen LogP contribution in [0.2, 0.25) is 0 Å². The highest BCUT2D eigenvalue weighted by Gasteiger charge is 1.93. The summed E-state index contributed by atoms with van der Waals surface area (Å²) < 4.78 is 0. The van der Waals surface area contributed by atoms with Crippen molar-refractivity contribution in [3.63, 3.8) is 0 Å². The fourth-order valence-electron chi connectivity index (χ4n) is 1.68. The van der Waals surface area contributed by atoms with Gasteiger partial charge in [0.15, 0.2) is 0 Å². The highest BCUT2D eigenvalue weighted by Crippen LogP contribution is 2.07. The van der Waals surface area contributed by atoms with Crippen LogP contribution in [0.5, 0.6) is 0 Å². The summed E-state index contributed by atoms with van der Waals surface area (Å²) in [5, 5.41) is 8.46. The van der Waals surface area contributed by atoms with Crippen molar-refractivity contribution in [2.75, 3.05) is 0 Å². The Morgan fingerprint density at radius 1 is 0.944 bits per heavy atom. The number of carboxylic acid groups (broad SMARTS) is 1. The minimum Gasteiger partial charge on any atom is -0.481 e. The Kier molecular flexibility index (Phi) is 11.7. The van der Waals surface area contributed by atoms with Gasteiger partial charge < -0.3 is 5.11 Å². The van der Waals surface area contributed by atoms with Crippen LogP contribution in [0.15, 0.2) is 24.3 Å². The third-order valence-corrected chi connectivity index (χ3v) is 2.75. The zero-order chi connectivity index (χ0) is 13.6. The quantitative estimate of drug-likeness (QED) is 0.417. The van der Waals surface area contributed by atoms with Gasteiger partial charge >= 0.3 is 5.97 Å². The Hall–Kier alpha value is -1.05. The highest BCUT2D eigenvalue weighted by molar-refractivity contribution is 5.66. The monoisotopic (exact) mass is 252 g/mol. The van der Waals surface area contributed by atoms with Crippen molar-refractivity contribution >= 4 is 5.97 Å². The summed E-state index contributed by atoms with van der Waals surface area (Å²) in [6.07, 6.45) is 16.6. The van der Waals surface area contributed by atoms with Crippen LogP contribution in [0.3, 0.4) is 0 Å². The summed E-state index contributed by atoms with van der Waals surface area (Å²) >= 11 is 0. The summed E-state index contributed by atoms with van der Waals surface area (Å²) in [6.45, 7) is 4.53. The van der Waals surface area contributed by atoms with Gasteiger partial charge in [-0.3, -0.25) is 4.79 Å². The Morgan fingerprint density at radius 2 is 1.44 bits per heavy atom. The second-order valence-electron chi connectivity index (χ2n) is 5.13. The lowest BCUT2D eigenvalue weighted by molar-refractivity contribution is -0.137. The van der Waals surface area contributed by atoms with Crippen LogP contribution in [-0.2, 0) is 4.79 Å². The molecule has 0 aliphatic carbocycles. The first-order valence-corrected chi connectivity index (χ1v) is 7.14. The molecule has 104 valence electrons. The number of carboxylic acids is 1. The predicted octanol–water partition coefficient (Wildman–Crippen LogP) is 4.96. The SMILES string of the molecule is CC(C)CCC/C=C\CC/C=C\CCCC(=O)O. The largest absolute Gasteiger partial charge is 0.481 e. The van der Waals surface area contributed by atoms with E-state index in [2.05, 4.69) is 38.2 Å². The molecule has 0 heterocycles. The number of rotatable bonds is 11. The van der Waals surface area contributed by atoms with Gasteiger partial charge in [-0.2, -0.15) is 0 Å². The molecule has 0 aromatic heterocycles. The third kappa shape index (κ3) is 14.9. The standard InChI is InChI=1S/C16H28O2/c1-15(2)13-11-9-7-5-3-4-6-8-10-12-14-16(17)18/h5-8,15H,3-4,9-14H2,1-2H3,(H,17,18)/b7-5-,8-6-. The molecule has 2 heteroatoms. The second kappa shape index (κ2) is 12.4. The zero-order valence-corrected chi connectivity index (χ0v) is 11.9. The number of unbranched alkanes of at least 4 members (excludes halogenated alkanes) is 3. The molecule has 0 aliphatic heterocycles. The van der Waals surface area contributed by atoms with Gasteiger partial charge in [0, 0.05) is 6.42 Å². The van der Waals surface area contributed by atoms with Gasteiger partial charge in [0.1, 0.15) is 0 Å². The summed E-state index contributed by atoms with van der Waals surface area (Å²) in [5.41, 5.74) is 0. The van der Waals surface area contributed by atoms with Gasteiger partial charge in [-0.05, 0) is 44.4 Å². The fraction of sp³-hybridized carbons (Fsp3) is 0.688. The summed E-state index contributed by atoms with van der Waals surface area (Å²) in [5.74, 6) is 0.111. The molecule has 18 heavy (non-hydrogen) atoms. The predicted molar refractivity (Wildman–Crippen MR) is 77.7 cm³/mol. The number of aliphatic carboxylic acids is 1. The van der Waals surface area contributed by atoms with Gasteiger partial charge in [0.2, 0.25) is 0 Å². The minimum atomic E-state index is -0.701. The molecular formula is C16H28O2. The fourth-order valence-corrected chi connectivity index (χ4v) is 1.68. The van der Waals surface area contributed by atoms with Crippen LogP contribution >= 0.6 is 0 Å². The van der Waals surface area contributed by atoms with E-state index < -0.39 is 5.97 Å². The van der Waals surface area contributed by atoms with E-state index in [1.54, 1.807) is 0 Å². The van der Waals surface area contributed by atoms with Crippen molar-refractivity contribution in [3.8, 4) is 0 Å². The average molecular weight is 252 g/mol. The molecule has 0 radical (unpaired) electrons. The minimum absolute atomic E-state index is 0.278.